The molecule has 0 aliphatic carbocycles. The Kier molecular flexibility index (Phi) is 4.43. The van der Waals surface area contributed by atoms with Gasteiger partial charge in [-0.15, -0.1) is 11.3 Å². The van der Waals surface area contributed by atoms with Gasteiger partial charge < -0.3 is 10.2 Å². The zero-order valence-corrected chi connectivity index (χ0v) is 13.6. The number of benzene rings is 1. The highest BCUT2D eigenvalue weighted by Crippen LogP contribution is 2.31. The lowest BCUT2D eigenvalue weighted by molar-refractivity contribution is -0.121. The van der Waals surface area contributed by atoms with E-state index in [4.69, 9.17) is 0 Å². The highest BCUT2D eigenvalue weighted by atomic mass is 32.1. The highest BCUT2D eigenvalue weighted by molar-refractivity contribution is 7.10. The average molecular weight is 332 g/mol. The van der Waals surface area contributed by atoms with E-state index in [9.17, 15) is 14.0 Å². The van der Waals surface area contributed by atoms with Gasteiger partial charge in [0, 0.05) is 17.0 Å². The molecule has 0 saturated carbocycles. The fraction of sp³-hybridized carbons (Fsp3) is 0.294. The number of hydrogen-bond donors (Lipinski definition) is 1. The van der Waals surface area contributed by atoms with Crippen LogP contribution >= 0.6 is 11.3 Å². The van der Waals surface area contributed by atoms with Crippen LogP contribution in [-0.2, 0) is 16.0 Å². The van der Waals surface area contributed by atoms with Gasteiger partial charge in [-0.05, 0) is 55.0 Å². The number of rotatable bonds is 3. The molecule has 1 aliphatic heterocycles. The van der Waals surface area contributed by atoms with Crippen LogP contribution < -0.4 is 10.2 Å². The van der Waals surface area contributed by atoms with E-state index in [1.165, 1.54) is 18.2 Å². The standard InChI is InChI=1S/C17H17FN2O2S/c1-11-9-12(18)5-6-13(11)19-16(21)10-20-14-7-8-23-15(14)3-2-4-17(20)22/h5-9H,2-4,10H2,1H3,(H,19,21). The SMILES string of the molecule is Cc1cc(F)ccc1NC(=O)CN1C(=O)CCCc2sccc21. The summed E-state index contributed by atoms with van der Waals surface area (Å²) in [4.78, 5) is 27.3. The summed E-state index contributed by atoms with van der Waals surface area (Å²) in [6.07, 6.45) is 2.12. The minimum Gasteiger partial charge on any atom is -0.324 e. The number of halogens is 1. The van der Waals surface area contributed by atoms with Gasteiger partial charge in [0.2, 0.25) is 11.8 Å². The lowest BCUT2D eigenvalue weighted by Crippen LogP contribution is -2.37. The second-order valence-electron chi connectivity index (χ2n) is 5.57. The lowest BCUT2D eigenvalue weighted by atomic mass is 10.2. The van der Waals surface area contributed by atoms with E-state index in [0.29, 0.717) is 17.7 Å². The summed E-state index contributed by atoms with van der Waals surface area (Å²) >= 11 is 1.61. The molecule has 0 spiro atoms. The molecule has 0 bridgehead atoms. The molecule has 0 radical (unpaired) electrons. The van der Waals surface area contributed by atoms with Crippen LogP contribution in [0.25, 0.3) is 0 Å². The van der Waals surface area contributed by atoms with E-state index in [-0.39, 0.29) is 24.2 Å². The maximum atomic E-state index is 13.1. The first kappa shape index (κ1) is 15.7. The van der Waals surface area contributed by atoms with Crippen molar-refractivity contribution >= 4 is 34.5 Å². The molecule has 0 unspecified atom stereocenters. The summed E-state index contributed by atoms with van der Waals surface area (Å²) < 4.78 is 13.1. The number of fused-ring (bicyclic) bond motifs is 1. The molecule has 1 aromatic heterocycles. The monoisotopic (exact) mass is 332 g/mol. The molecular formula is C17H17FN2O2S. The van der Waals surface area contributed by atoms with Crippen LogP contribution in [0.4, 0.5) is 15.8 Å². The summed E-state index contributed by atoms with van der Waals surface area (Å²) in [5, 5.41) is 4.70. The van der Waals surface area contributed by atoms with Crippen LogP contribution in [0, 0.1) is 12.7 Å². The number of thiophene rings is 1. The molecular weight excluding hydrogens is 315 g/mol. The van der Waals surface area contributed by atoms with Gasteiger partial charge in [0.25, 0.3) is 0 Å². The molecule has 3 rings (SSSR count). The second-order valence-corrected chi connectivity index (χ2v) is 6.57. The van der Waals surface area contributed by atoms with Crippen molar-refractivity contribution in [3.63, 3.8) is 0 Å². The van der Waals surface area contributed by atoms with Gasteiger partial charge in [0.1, 0.15) is 12.4 Å². The van der Waals surface area contributed by atoms with E-state index in [1.807, 2.05) is 11.4 Å². The Morgan fingerprint density at radius 1 is 1.35 bits per heavy atom. The van der Waals surface area contributed by atoms with Crippen molar-refractivity contribution in [2.24, 2.45) is 0 Å². The average Bonchev–Trinajstić information content (AvgIpc) is 2.90. The van der Waals surface area contributed by atoms with Gasteiger partial charge >= 0.3 is 0 Å². The van der Waals surface area contributed by atoms with E-state index in [0.717, 1.165) is 23.4 Å². The van der Waals surface area contributed by atoms with E-state index in [1.54, 1.807) is 23.2 Å². The molecule has 23 heavy (non-hydrogen) atoms. The predicted molar refractivity (Wildman–Crippen MR) is 89.4 cm³/mol. The van der Waals surface area contributed by atoms with Gasteiger partial charge in [-0.2, -0.15) is 0 Å². The van der Waals surface area contributed by atoms with Gasteiger partial charge in [-0.25, -0.2) is 4.39 Å². The topological polar surface area (TPSA) is 49.4 Å². The molecule has 4 nitrogen and oxygen atoms in total. The number of amides is 2. The van der Waals surface area contributed by atoms with E-state index < -0.39 is 0 Å². The molecule has 2 heterocycles. The first-order chi connectivity index (χ1) is 11.0. The van der Waals surface area contributed by atoms with Crippen molar-refractivity contribution < 1.29 is 14.0 Å². The Morgan fingerprint density at radius 2 is 2.17 bits per heavy atom. The molecule has 1 N–H and O–H groups in total. The molecule has 0 fully saturated rings. The number of nitrogens with one attached hydrogen (secondary N) is 1. The van der Waals surface area contributed by atoms with Crippen molar-refractivity contribution in [2.45, 2.75) is 26.2 Å². The number of nitrogens with zero attached hydrogens (tertiary/aromatic N) is 1. The van der Waals surface area contributed by atoms with Crippen LogP contribution in [0.2, 0.25) is 0 Å². The van der Waals surface area contributed by atoms with Crippen LogP contribution in [-0.4, -0.2) is 18.4 Å². The summed E-state index contributed by atoms with van der Waals surface area (Å²) in [7, 11) is 0. The Bertz CT molecular complexity index is 757. The Hall–Kier alpha value is -2.21. The fourth-order valence-corrected chi connectivity index (χ4v) is 3.63. The Labute approximate surface area is 137 Å². The van der Waals surface area contributed by atoms with Crippen molar-refractivity contribution in [3.05, 3.63) is 45.9 Å². The molecule has 0 atom stereocenters. The zero-order valence-electron chi connectivity index (χ0n) is 12.8. The van der Waals surface area contributed by atoms with Gasteiger partial charge in [0.15, 0.2) is 0 Å². The van der Waals surface area contributed by atoms with Crippen molar-refractivity contribution in [2.75, 3.05) is 16.8 Å². The number of carbonyl (C=O) groups excluding carboxylic acids is 2. The van der Waals surface area contributed by atoms with Crippen molar-refractivity contribution in [1.82, 2.24) is 0 Å². The third-order valence-corrected chi connectivity index (χ3v) is 4.84. The van der Waals surface area contributed by atoms with Crippen LogP contribution in [0.1, 0.15) is 23.3 Å². The maximum Gasteiger partial charge on any atom is 0.244 e. The highest BCUT2D eigenvalue weighted by Gasteiger charge is 2.25. The third-order valence-electron chi connectivity index (χ3n) is 3.87. The second kappa shape index (κ2) is 6.50. The first-order valence-electron chi connectivity index (χ1n) is 7.47. The molecule has 2 amide bonds. The number of hydrogen-bond acceptors (Lipinski definition) is 3. The predicted octanol–water partition coefficient (Wildman–Crippen LogP) is 3.50. The van der Waals surface area contributed by atoms with Crippen LogP contribution in [0.5, 0.6) is 0 Å². The summed E-state index contributed by atoms with van der Waals surface area (Å²) in [5.41, 5.74) is 2.05. The zero-order chi connectivity index (χ0) is 16.4. The minimum atomic E-state index is -0.342. The summed E-state index contributed by atoms with van der Waals surface area (Å²) in [6.45, 7) is 1.70. The molecule has 6 heteroatoms. The van der Waals surface area contributed by atoms with E-state index >= 15 is 0 Å². The fourth-order valence-electron chi connectivity index (χ4n) is 2.70. The molecule has 0 saturated heterocycles. The summed E-state index contributed by atoms with van der Waals surface area (Å²) in [5.74, 6) is -0.661. The van der Waals surface area contributed by atoms with Gasteiger partial charge in [-0.1, -0.05) is 0 Å². The molecule has 120 valence electrons. The summed E-state index contributed by atoms with van der Waals surface area (Å²) in [6, 6.07) is 6.09. The number of aryl methyl sites for hydroxylation is 2. The largest absolute Gasteiger partial charge is 0.324 e. The third kappa shape index (κ3) is 3.42. The van der Waals surface area contributed by atoms with Crippen molar-refractivity contribution in [3.8, 4) is 0 Å². The van der Waals surface area contributed by atoms with E-state index in [2.05, 4.69) is 5.32 Å². The van der Waals surface area contributed by atoms with Gasteiger partial charge in [0.05, 0.1) is 5.69 Å². The van der Waals surface area contributed by atoms with Crippen molar-refractivity contribution in [1.29, 1.82) is 0 Å². The molecule has 2 aromatic rings. The van der Waals surface area contributed by atoms with Gasteiger partial charge in [-0.3, -0.25) is 9.59 Å². The van der Waals surface area contributed by atoms with Crippen LogP contribution in [0.15, 0.2) is 29.6 Å². The molecule has 1 aliphatic rings. The lowest BCUT2D eigenvalue weighted by Gasteiger charge is -2.21. The Morgan fingerprint density at radius 3 is 2.96 bits per heavy atom. The normalized spacial score (nSPS) is 14.3. The maximum absolute atomic E-state index is 13.1. The van der Waals surface area contributed by atoms with Crippen LogP contribution in [0.3, 0.4) is 0 Å². The Balaban J connectivity index is 1.75. The minimum absolute atomic E-state index is 0.0284. The number of carbonyl (C=O) groups is 2. The quantitative estimate of drug-likeness (QED) is 0.935. The smallest absolute Gasteiger partial charge is 0.244 e. The number of anilines is 2. The first-order valence-corrected chi connectivity index (χ1v) is 8.35. The molecule has 1 aromatic carbocycles.